The number of H-pyrrole nitrogens is 1. The van der Waals surface area contributed by atoms with Gasteiger partial charge >= 0.3 is 6.18 Å². The number of fused-ring (bicyclic) bond motifs is 1. The number of anilines is 1. The van der Waals surface area contributed by atoms with Gasteiger partial charge in [0.15, 0.2) is 5.69 Å². The Morgan fingerprint density at radius 2 is 1.81 bits per heavy atom. The van der Waals surface area contributed by atoms with Gasteiger partial charge in [0.1, 0.15) is 5.69 Å². The number of amides is 1. The van der Waals surface area contributed by atoms with Gasteiger partial charge in [-0.2, -0.15) is 33.3 Å². The molecule has 2 aromatic carbocycles. The number of nitrogens with one attached hydrogen (secondary N) is 2. The molecule has 182 valence electrons. The van der Waals surface area contributed by atoms with Crippen molar-refractivity contribution in [2.75, 3.05) is 5.32 Å². The van der Waals surface area contributed by atoms with Crippen molar-refractivity contribution in [3.05, 3.63) is 93.4 Å². The summed E-state index contributed by atoms with van der Waals surface area (Å²) in [4.78, 5) is 28.9. The van der Waals surface area contributed by atoms with Crippen LogP contribution in [0, 0.1) is 6.92 Å². The van der Waals surface area contributed by atoms with Crippen molar-refractivity contribution in [2.24, 2.45) is 0 Å². The van der Waals surface area contributed by atoms with Gasteiger partial charge in [-0.1, -0.05) is 17.7 Å². The lowest BCUT2D eigenvalue weighted by Crippen LogP contribution is -2.21. The van der Waals surface area contributed by atoms with E-state index in [4.69, 9.17) is 11.6 Å². The lowest BCUT2D eigenvalue weighted by Gasteiger charge is -2.15. The standard InChI is InChI=1S/C23H15ClF3N7O2/c1-12-9-19(34-29-7-8-30-34)16(24)10-17(12)32-22(36)15-11-31-33(20(15)23(25,26)27)18-4-2-3-14-13(18)5-6-28-21(14)35/h2-11H,1H3,(H,28,35)(H,32,36). The molecule has 0 saturated carbocycles. The molecule has 1 amide bonds. The third-order valence-electron chi connectivity index (χ3n) is 5.48. The van der Waals surface area contributed by atoms with Crippen LogP contribution in [-0.2, 0) is 6.18 Å². The molecule has 0 aliphatic rings. The maximum absolute atomic E-state index is 14.2. The molecular formula is C23H15ClF3N7O2. The fourth-order valence-electron chi connectivity index (χ4n) is 3.84. The van der Waals surface area contributed by atoms with Crippen LogP contribution in [0.5, 0.6) is 0 Å². The minimum absolute atomic E-state index is 0.000255. The highest BCUT2D eigenvalue weighted by Crippen LogP contribution is 2.36. The lowest BCUT2D eigenvalue weighted by atomic mass is 10.1. The van der Waals surface area contributed by atoms with Gasteiger partial charge in [-0.15, -0.1) is 0 Å². The summed E-state index contributed by atoms with van der Waals surface area (Å²) in [6.07, 6.45) is 0.152. The minimum Gasteiger partial charge on any atom is -0.329 e. The van der Waals surface area contributed by atoms with Crippen LogP contribution < -0.4 is 10.9 Å². The van der Waals surface area contributed by atoms with Gasteiger partial charge in [0, 0.05) is 22.7 Å². The van der Waals surface area contributed by atoms with Crippen molar-refractivity contribution < 1.29 is 18.0 Å². The van der Waals surface area contributed by atoms with Crippen LogP contribution in [0.2, 0.25) is 5.02 Å². The zero-order valence-corrected chi connectivity index (χ0v) is 19.1. The largest absolute Gasteiger partial charge is 0.434 e. The summed E-state index contributed by atoms with van der Waals surface area (Å²) >= 11 is 6.30. The zero-order valence-electron chi connectivity index (χ0n) is 18.3. The Labute approximate surface area is 205 Å². The molecule has 0 atom stereocenters. The van der Waals surface area contributed by atoms with E-state index in [9.17, 15) is 22.8 Å². The molecule has 0 unspecified atom stereocenters. The molecule has 36 heavy (non-hydrogen) atoms. The van der Waals surface area contributed by atoms with Crippen LogP contribution in [0.3, 0.4) is 0 Å². The second kappa shape index (κ2) is 8.64. The normalized spacial score (nSPS) is 11.7. The van der Waals surface area contributed by atoms with Crippen molar-refractivity contribution in [3.8, 4) is 11.4 Å². The Morgan fingerprint density at radius 3 is 2.53 bits per heavy atom. The molecule has 5 rings (SSSR count). The Hall–Kier alpha value is -4.45. The van der Waals surface area contributed by atoms with Crippen molar-refractivity contribution in [3.63, 3.8) is 0 Å². The zero-order chi connectivity index (χ0) is 25.6. The fourth-order valence-corrected chi connectivity index (χ4v) is 4.08. The monoisotopic (exact) mass is 513 g/mol. The maximum Gasteiger partial charge on any atom is 0.434 e. The predicted octanol–water partition coefficient (Wildman–Crippen LogP) is 4.53. The third kappa shape index (κ3) is 4.01. The summed E-state index contributed by atoms with van der Waals surface area (Å²) in [6.45, 7) is 1.65. The number of alkyl halides is 3. The molecule has 0 aliphatic carbocycles. The SMILES string of the molecule is Cc1cc(-n2nccn2)c(Cl)cc1NC(=O)c1cnn(-c2cccc3c(=O)[nH]ccc23)c1C(F)(F)F. The summed E-state index contributed by atoms with van der Waals surface area (Å²) in [6, 6.07) is 8.78. The average Bonchev–Trinajstić information content (AvgIpc) is 3.51. The number of aromatic nitrogens is 6. The predicted molar refractivity (Wildman–Crippen MR) is 126 cm³/mol. The lowest BCUT2D eigenvalue weighted by molar-refractivity contribution is -0.143. The van der Waals surface area contributed by atoms with E-state index in [1.165, 1.54) is 53.7 Å². The molecule has 0 spiro atoms. The summed E-state index contributed by atoms with van der Waals surface area (Å²) in [5, 5.41) is 14.9. The van der Waals surface area contributed by atoms with E-state index >= 15 is 0 Å². The first-order chi connectivity index (χ1) is 17.1. The van der Waals surface area contributed by atoms with Crippen LogP contribution in [0.1, 0.15) is 21.6 Å². The number of pyridine rings is 1. The first-order valence-corrected chi connectivity index (χ1v) is 10.8. The molecule has 0 fully saturated rings. The second-order valence-electron chi connectivity index (χ2n) is 7.75. The number of aromatic amines is 1. The number of hydrogen-bond donors (Lipinski definition) is 2. The maximum atomic E-state index is 14.2. The second-order valence-corrected chi connectivity index (χ2v) is 8.16. The molecule has 0 radical (unpaired) electrons. The number of carbonyl (C=O) groups excluding carboxylic acids is 1. The molecule has 3 aromatic heterocycles. The molecular weight excluding hydrogens is 499 g/mol. The van der Waals surface area contributed by atoms with E-state index in [0.29, 0.717) is 15.9 Å². The van der Waals surface area contributed by atoms with Crippen molar-refractivity contribution in [1.29, 1.82) is 0 Å². The van der Waals surface area contributed by atoms with E-state index in [1.54, 1.807) is 13.0 Å². The number of benzene rings is 2. The summed E-state index contributed by atoms with van der Waals surface area (Å²) in [5.41, 5.74) is -1.28. The highest BCUT2D eigenvalue weighted by atomic mass is 35.5. The van der Waals surface area contributed by atoms with Crippen molar-refractivity contribution >= 4 is 34.0 Å². The molecule has 0 saturated heterocycles. The first-order valence-electron chi connectivity index (χ1n) is 10.4. The Balaban J connectivity index is 1.57. The molecule has 13 heteroatoms. The fraction of sp³-hybridized carbons (Fsp3) is 0.0870. The molecule has 0 bridgehead atoms. The highest BCUT2D eigenvalue weighted by molar-refractivity contribution is 6.32. The Kier molecular flexibility index (Phi) is 5.59. The van der Waals surface area contributed by atoms with Crippen LogP contribution in [-0.4, -0.2) is 35.7 Å². The van der Waals surface area contributed by atoms with Gasteiger partial charge in [-0.3, -0.25) is 9.59 Å². The van der Waals surface area contributed by atoms with E-state index in [1.807, 2.05) is 0 Å². The van der Waals surface area contributed by atoms with E-state index in [0.717, 1.165) is 6.20 Å². The van der Waals surface area contributed by atoms with Crippen molar-refractivity contribution in [1.82, 2.24) is 29.8 Å². The van der Waals surface area contributed by atoms with Gasteiger partial charge in [-0.05, 0) is 42.8 Å². The van der Waals surface area contributed by atoms with Crippen LogP contribution in [0.15, 0.2) is 66.0 Å². The summed E-state index contributed by atoms with van der Waals surface area (Å²) in [7, 11) is 0. The molecule has 3 heterocycles. The molecule has 5 aromatic rings. The molecule has 0 aliphatic heterocycles. The number of nitrogens with zero attached hydrogens (tertiary/aromatic N) is 5. The van der Waals surface area contributed by atoms with Crippen LogP contribution in [0.25, 0.3) is 22.1 Å². The Morgan fingerprint density at radius 1 is 1.06 bits per heavy atom. The van der Waals surface area contributed by atoms with Gasteiger partial charge in [0.05, 0.1) is 34.9 Å². The number of halogens is 4. The van der Waals surface area contributed by atoms with E-state index < -0.39 is 28.9 Å². The van der Waals surface area contributed by atoms with Crippen LogP contribution in [0.4, 0.5) is 18.9 Å². The minimum atomic E-state index is -4.94. The van der Waals surface area contributed by atoms with Gasteiger partial charge in [-0.25, -0.2) is 4.68 Å². The number of hydrogen-bond acceptors (Lipinski definition) is 5. The van der Waals surface area contributed by atoms with Gasteiger partial charge in [0.2, 0.25) is 0 Å². The topological polar surface area (TPSA) is 110 Å². The number of rotatable bonds is 4. The number of carbonyl (C=O) groups is 1. The molecule has 2 N–H and O–H groups in total. The quantitative estimate of drug-likeness (QED) is 0.367. The molecule has 9 nitrogen and oxygen atoms in total. The van der Waals surface area contributed by atoms with Crippen molar-refractivity contribution in [2.45, 2.75) is 13.1 Å². The first kappa shape index (κ1) is 23.3. The van der Waals surface area contributed by atoms with Gasteiger partial charge < -0.3 is 10.3 Å². The summed E-state index contributed by atoms with van der Waals surface area (Å²) < 4.78 is 43.3. The van der Waals surface area contributed by atoms with Gasteiger partial charge in [0.25, 0.3) is 11.5 Å². The highest BCUT2D eigenvalue weighted by Gasteiger charge is 2.41. The summed E-state index contributed by atoms with van der Waals surface area (Å²) in [5.74, 6) is -1.03. The smallest absolute Gasteiger partial charge is 0.329 e. The van der Waals surface area contributed by atoms with Crippen LogP contribution >= 0.6 is 11.6 Å². The Bertz CT molecular complexity index is 1670. The number of aryl methyl sites for hydroxylation is 1. The average molecular weight is 514 g/mol. The van der Waals surface area contributed by atoms with E-state index in [-0.39, 0.29) is 27.2 Å². The third-order valence-corrected chi connectivity index (χ3v) is 5.78. The van der Waals surface area contributed by atoms with E-state index in [2.05, 4.69) is 25.6 Å².